The predicted octanol–water partition coefficient (Wildman–Crippen LogP) is 4.62. The summed E-state index contributed by atoms with van der Waals surface area (Å²) in [5, 5.41) is 18.1. The van der Waals surface area contributed by atoms with Crippen molar-refractivity contribution in [1.82, 2.24) is 19.9 Å². The normalized spacial score (nSPS) is 13.9. The quantitative estimate of drug-likeness (QED) is 0.210. The average Bonchev–Trinajstić information content (AvgIpc) is 3.46. The highest BCUT2D eigenvalue weighted by molar-refractivity contribution is 7.17. The molecule has 2 amide bonds. The van der Waals surface area contributed by atoms with Crippen LogP contribution < -0.4 is 20.9 Å². The summed E-state index contributed by atoms with van der Waals surface area (Å²) < 4.78 is 39.1. The van der Waals surface area contributed by atoms with Gasteiger partial charge in [-0.05, 0) is 43.3 Å². The lowest BCUT2D eigenvalue weighted by molar-refractivity contribution is -0.137. The van der Waals surface area contributed by atoms with Crippen LogP contribution >= 0.6 is 11.3 Å². The summed E-state index contributed by atoms with van der Waals surface area (Å²) in [4.78, 5) is 43.5. The molecule has 1 fully saturated rings. The maximum Gasteiger partial charge on any atom is 0.416 e. The number of thiazole rings is 1. The van der Waals surface area contributed by atoms with Crippen LogP contribution in [-0.2, 0) is 6.18 Å². The van der Waals surface area contributed by atoms with Crippen molar-refractivity contribution in [2.24, 2.45) is 0 Å². The van der Waals surface area contributed by atoms with Crippen LogP contribution in [0.15, 0.2) is 60.8 Å². The molecule has 0 atom stereocenters. The van der Waals surface area contributed by atoms with Crippen LogP contribution in [0.25, 0.3) is 0 Å². The third-order valence-electron chi connectivity index (χ3n) is 6.73. The summed E-state index contributed by atoms with van der Waals surface area (Å²) in [6.45, 7) is 5.76. The van der Waals surface area contributed by atoms with Gasteiger partial charge in [0, 0.05) is 55.7 Å². The molecule has 2 aromatic heterocycles. The van der Waals surface area contributed by atoms with Gasteiger partial charge in [-0.3, -0.25) is 14.5 Å². The minimum atomic E-state index is -4.57. The Morgan fingerprint density at radius 3 is 2.36 bits per heavy atom. The Hall–Kier alpha value is -4.60. The molecule has 0 aliphatic carbocycles. The van der Waals surface area contributed by atoms with Gasteiger partial charge in [0.1, 0.15) is 22.3 Å². The van der Waals surface area contributed by atoms with Gasteiger partial charge in [0.05, 0.1) is 18.4 Å². The molecule has 1 aliphatic rings. The molecule has 11 nitrogen and oxygen atoms in total. The number of anilines is 5. The number of halogens is 3. The van der Waals surface area contributed by atoms with Crippen molar-refractivity contribution >= 4 is 51.3 Å². The smallest absolute Gasteiger partial charge is 0.395 e. The molecule has 1 saturated heterocycles. The van der Waals surface area contributed by atoms with Crippen LogP contribution in [0.5, 0.6) is 0 Å². The van der Waals surface area contributed by atoms with Crippen molar-refractivity contribution in [1.29, 1.82) is 0 Å². The second-order valence-electron chi connectivity index (χ2n) is 9.93. The van der Waals surface area contributed by atoms with Crippen LogP contribution in [0, 0.1) is 6.92 Å². The van der Waals surface area contributed by atoms with Crippen molar-refractivity contribution < 1.29 is 27.9 Å². The molecule has 0 bridgehead atoms. The Bertz CT molecular complexity index is 1640. The Kier molecular flexibility index (Phi) is 9.37. The van der Waals surface area contributed by atoms with E-state index in [9.17, 15) is 27.9 Å². The maximum absolute atomic E-state index is 13.0. The van der Waals surface area contributed by atoms with E-state index in [1.54, 1.807) is 25.1 Å². The topological polar surface area (TPSA) is 136 Å². The molecule has 5 rings (SSSR count). The zero-order valence-corrected chi connectivity index (χ0v) is 24.4. The Morgan fingerprint density at radius 2 is 1.66 bits per heavy atom. The van der Waals surface area contributed by atoms with Crippen LogP contribution in [0.2, 0.25) is 0 Å². The number of alkyl halides is 3. The van der Waals surface area contributed by atoms with E-state index in [-0.39, 0.29) is 12.2 Å². The number of carbonyl (C=O) groups is 2. The lowest BCUT2D eigenvalue weighted by Gasteiger charge is -2.35. The van der Waals surface area contributed by atoms with Gasteiger partial charge in [-0.2, -0.15) is 13.2 Å². The van der Waals surface area contributed by atoms with Crippen molar-refractivity contribution in [2.75, 3.05) is 60.2 Å². The zero-order chi connectivity index (χ0) is 31.3. The van der Waals surface area contributed by atoms with E-state index in [0.717, 1.165) is 55.5 Å². The van der Waals surface area contributed by atoms with Gasteiger partial charge in [-0.1, -0.05) is 23.5 Å². The van der Waals surface area contributed by atoms with Crippen molar-refractivity contribution in [2.45, 2.75) is 13.1 Å². The molecule has 3 heterocycles. The van der Waals surface area contributed by atoms with Gasteiger partial charge in [-0.15, -0.1) is 0 Å². The maximum atomic E-state index is 13.0. The number of amides is 2. The summed E-state index contributed by atoms with van der Waals surface area (Å²) in [7, 11) is 0. The summed E-state index contributed by atoms with van der Waals surface area (Å²) in [5.41, 5.74) is -0.407. The zero-order valence-electron chi connectivity index (χ0n) is 23.6. The number of aromatic nitrogens is 3. The lowest BCUT2D eigenvalue weighted by atomic mass is 10.1. The number of hydrogen-bond donors (Lipinski definition) is 4. The first-order valence-corrected chi connectivity index (χ1v) is 14.5. The molecule has 0 spiro atoms. The SMILES string of the molecule is Cc1nc(Nc2ncc(C(=O)Nc3cccc(NC(=O)c4cccc(C(F)(F)F)c4)c3)s2)cc(N2CCN(CCO)CC2)n1. The Balaban J connectivity index is 1.20. The van der Waals surface area contributed by atoms with E-state index in [4.69, 9.17) is 0 Å². The molecule has 0 radical (unpaired) electrons. The number of β-amino-alcohol motifs (C(OH)–C–C–N with tert-alkyl or cyclic N) is 1. The van der Waals surface area contributed by atoms with Crippen LogP contribution in [0.4, 0.5) is 41.3 Å². The third-order valence-corrected chi connectivity index (χ3v) is 7.64. The number of aryl methyl sites for hydroxylation is 1. The molecule has 44 heavy (non-hydrogen) atoms. The minimum Gasteiger partial charge on any atom is -0.395 e. The van der Waals surface area contributed by atoms with Gasteiger partial charge in [0.25, 0.3) is 11.8 Å². The molecule has 0 unspecified atom stereocenters. The fourth-order valence-corrected chi connectivity index (χ4v) is 5.29. The summed E-state index contributed by atoms with van der Waals surface area (Å²) >= 11 is 1.12. The predicted molar refractivity (Wildman–Crippen MR) is 162 cm³/mol. The monoisotopic (exact) mass is 626 g/mol. The second kappa shape index (κ2) is 13.4. The van der Waals surface area contributed by atoms with E-state index in [0.29, 0.717) is 39.6 Å². The molecule has 15 heteroatoms. The third kappa shape index (κ3) is 7.86. The molecule has 230 valence electrons. The fourth-order valence-electron chi connectivity index (χ4n) is 4.57. The fraction of sp³-hybridized carbons (Fsp3) is 0.276. The largest absolute Gasteiger partial charge is 0.416 e. The molecule has 0 saturated carbocycles. The number of aliphatic hydroxyl groups is 1. The lowest BCUT2D eigenvalue weighted by Crippen LogP contribution is -2.47. The van der Waals surface area contributed by atoms with Gasteiger partial charge in [-0.25, -0.2) is 15.0 Å². The number of benzene rings is 2. The highest BCUT2D eigenvalue weighted by Gasteiger charge is 2.31. The van der Waals surface area contributed by atoms with E-state index < -0.39 is 23.6 Å². The number of aliphatic hydroxyl groups excluding tert-OH is 1. The van der Waals surface area contributed by atoms with Crippen LogP contribution in [-0.4, -0.2) is 76.1 Å². The number of nitrogens with one attached hydrogen (secondary N) is 3. The molecular weight excluding hydrogens is 597 g/mol. The highest BCUT2D eigenvalue weighted by atomic mass is 32.1. The number of rotatable bonds is 9. The summed E-state index contributed by atoms with van der Waals surface area (Å²) in [5.74, 6) is 0.744. The van der Waals surface area contributed by atoms with E-state index in [1.807, 2.05) is 6.07 Å². The first-order valence-electron chi connectivity index (χ1n) is 13.6. The van der Waals surface area contributed by atoms with Crippen LogP contribution in [0.3, 0.4) is 0 Å². The van der Waals surface area contributed by atoms with Crippen molar-refractivity contribution in [3.05, 3.63) is 82.6 Å². The van der Waals surface area contributed by atoms with E-state index >= 15 is 0 Å². The van der Waals surface area contributed by atoms with E-state index in [1.165, 1.54) is 24.4 Å². The average molecular weight is 627 g/mol. The highest BCUT2D eigenvalue weighted by Crippen LogP contribution is 2.30. The molecule has 4 aromatic rings. The molecule has 2 aromatic carbocycles. The summed E-state index contributed by atoms with van der Waals surface area (Å²) in [6, 6.07) is 12.2. The van der Waals surface area contributed by atoms with Gasteiger partial charge < -0.3 is 26.0 Å². The van der Waals surface area contributed by atoms with Gasteiger partial charge in [0.2, 0.25) is 0 Å². The standard InChI is InChI=1S/C29H29F3N8O3S/c1-18-34-24(16-25(35-18)40-10-8-39(9-11-40)12-13-41)38-28-33-17-23(44-28)27(43)37-22-7-3-6-21(15-22)36-26(42)19-4-2-5-20(14-19)29(30,31)32/h2-7,14-17,41H,8-13H2,1H3,(H,36,42)(H,37,43)(H,33,34,35,38). The first-order chi connectivity index (χ1) is 21.1. The minimum absolute atomic E-state index is 0.130. The number of nitrogens with zero attached hydrogens (tertiary/aromatic N) is 5. The number of piperazine rings is 1. The Labute approximate surface area is 254 Å². The first kappa shape index (κ1) is 30.8. The van der Waals surface area contributed by atoms with Gasteiger partial charge >= 0.3 is 6.18 Å². The van der Waals surface area contributed by atoms with Crippen LogP contribution in [0.1, 0.15) is 31.4 Å². The van der Waals surface area contributed by atoms with Gasteiger partial charge in [0.15, 0.2) is 5.13 Å². The number of carbonyl (C=O) groups excluding carboxylic acids is 2. The number of hydrogen-bond acceptors (Lipinski definition) is 10. The van der Waals surface area contributed by atoms with Crippen molar-refractivity contribution in [3.63, 3.8) is 0 Å². The molecule has 4 N–H and O–H groups in total. The molecule has 1 aliphatic heterocycles. The van der Waals surface area contributed by atoms with Crippen molar-refractivity contribution in [3.8, 4) is 0 Å². The molecular formula is C29H29F3N8O3S. The Morgan fingerprint density at radius 1 is 0.955 bits per heavy atom. The second-order valence-corrected chi connectivity index (χ2v) is 11.0. The summed E-state index contributed by atoms with van der Waals surface area (Å²) in [6.07, 6.45) is -3.14. The van der Waals surface area contributed by atoms with E-state index in [2.05, 4.69) is 40.7 Å².